The van der Waals surface area contributed by atoms with E-state index in [-0.39, 0.29) is 29.0 Å². The summed E-state index contributed by atoms with van der Waals surface area (Å²) >= 11 is 1.20. The van der Waals surface area contributed by atoms with Crippen LogP contribution >= 0.6 is 11.8 Å². The van der Waals surface area contributed by atoms with E-state index in [1.807, 2.05) is 0 Å². The number of carbonyl (C=O) groups is 3. The van der Waals surface area contributed by atoms with Gasteiger partial charge < -0.3 is 14.4 Å². The zero-order valence-corrected chi connectivity index (χ0v) is 16.5. The Morgan fingerprint density at radius 1 is 1.25 bits per heavy atom. The average molecular weight is 410 g/mol. The maximum Gasteiger partial charge on any atom is 0.338 e. The van der Waals surface area contributed by atoms with E-state index in [0.717, 1.165) is 6.07 Å². The number of nitro benzene ring substituents is 1. The van der Waals surface area contributed by atoms with Crippen LogP contribution in [0.2, 0.25) is 0 Å². The third-order valence-corrected chi connectivity index (χ3v) is 5.19. The molecule has 0 aromatic heterocycles. The van der Waals surface area contributed by atoms with Crippen molar-refractivity contribution in [2.45, 2.75) is 24.7 Å². The first-order valence-electron chi connectivity index (χ1n) is 8.81. The van der Waals surface area contributed by atoms with Gasteiger partial charge in [0, 0.05) is 19.2 Å². The number of benzene rings is 1. The Labute approximate surface area is 166 Å². The largest absolute Gasteiger partial charge is 0.466 e. The lowest BCUT2D eigenvalue weighted by molar-refractivity contribution is -0.387. The number of rotatable bonds is 7. The van der Waals surface area contributed by atoms with Crippen molar-refractivity contribution in [2.24, 2.45) is 5.92 Å². The van der Waals surface area contributed by atoms with E-state index >= 15 is 0 Å². The van der Waals surface area contributed by atoms with Crippen LogP contribution in [0.15, 0.2) is 23.1 Å². The molecular formula is C18H22N2O7S. The summed E-state index contributed by atoms with van der Waals surface area (Å²) in [5.74, 6) is -1.64. The molecule has 10 heteroatoms. The average Bonchev–Trinajstić information content (AvgIpc) is 2.71. The van der Waals surface area contributed by atoms with E-state index in [1.165, 1.54) is 28.8 Å². The summed E-state index contributed by atoms with van der Waals surface area (Å²) in [4.78, 5) is 48.6. The molecule has 1 heterocycles. The van der Waals surface area contributed by atoms with E-state index < -0.39 is 17.5 Å². The van der Waals surface area contributed by atoms with E-state index in [1.54, 1.807) is 13.2 Å². The van der Waals surface area contributed by atoms with Crippen molar-refractivity contribution in [3.63, 3.8) is 0 Å². The fourth-order valence-corrected chi connectivity index (χ4v) is 3.43. The monoisotopic (exact) mass is 410 g/mol. The molecule has 2 rings (SSSR count). The van der Waals surface area contributed by atoms with E-state index in [0.29, 0.717) is 37.4 Å². The second kappa shape index (κ2) is 10.1. The van der Waals surface area contributed by atoms with Crippen molar-refractivity contribution in [3.05, 3.63) is 33.9 Å². The summed E-state index contributed by atoms with van der Waals surface area (Å²) in [6, 6.07) is 4.04. The number of nitrogens with zero attached hydrogens (tertiary/aromatic N) is 2. The molecule has 1 aliphatic rings. The third kappa shape index (κ3) is 5.44. The zero-order valence-electron chi connectivity index (χ0n) is 15.7. The molecule has 1 fully saturated rings. The van der Waals surface area contributed by atoms with Crippen molar-refractivity contribution in [1.29, 1.82) is 0 Å². The number of amides is 1. The van der Waals surface area contributed by atoms with Crippen LogP contribution in [0.4, 0.5) is 5.69 Å². The second-order valence-corrected chi connectivity index (χ2v) is 6.98. The summed E-state index contributed by atoms with van der Waals surface area (Å²) in [7, 11) is 0. The standard InChI is InChI=1S/C18H22N2O7S/c1-3-26-17(22)12-6-8-19(9-7-12)16(21)11-27-18(23)13-4-5-15(28-2)14(10-13)20(24)25/h4-5,10,12H,3,6-9,11H2,1-2H3. The smallest absolute Gasteiger partial charge is 0.338 e. The number of nitro groups is 1. The maximum atomic E-state index is 12.2. The minimum absolute atomic E-state index is 0.0123. The molecule has 0 saturated carbocycles. The van der Waals surface area contributed by atoms with Gasteiger partial charge in [0.25, 0.3) is 11.6 Å². The minimum Gasteiger partial charge on any atom is -0.466 e. The van der Waals surface area contributed by atoms with Crippen molar-refractivity contribution < 1.29 is 28.8 Å². The molecule has 28 heavy (non-hydrogen) atoms. The molecule has 0 bridgehead atoms. The second-order valence-electron chi connectivity index (χ2n) is 6.13. The molecule has 152 valence electrons. The Bertz CT molecular complexity index is 760. The van der Waals surface area contributed by atoms with Gasteiger partial charge in [-0.1, -0.05) is 0 Å². The molecule has 0 aliphatic carbocycles. The van der Waals surface area contributed by atoms with E-state index in [9.17, 15) is 24.5 Å². The Morgan fingerprint density at radius 3 is 2.50 bits per heavy atom. The van der Waals surface area contributed by atoms with Gasteiger partial charge in [0.2, 0.25) is 0 Å². The van der Waals surface area contributed by atoms with Crippen molar-refractivity contribution in [3.8, 4) is 0 Å². The normalized spacial score (nSPS) is 14.4. The van der Waals surface area contributed by atoms with Crippen LogP contribution in [0, 0.1) is 16.0 Å². The predicted molar refractivity (Wildman–Crippen MR) is 101 cm³/mol. The Balaban J connectivity index is 1.88. The highest BCUT2D eigenvalue weighted by molar-refractivity contribution is 7.98. The van der Waals surface area contributed by atoms with Gasteiger partial charge in [-0.2, -0.15) is 0 Å². The van der Waals surface area contributed by atoms with Crippen LogP contribution in [0.1, 0.15) is 30.1 Å². The van der Waals surface area contributed by atoms with Gasteiger partial charge in [0.1, 0.15) is 0 Å². The summed E-state index contributed by atoms with van der Waals surface area (Å²) in [5.41, 5.74) is -0.173. The molecule has 0 radical (unpaired) electrons. The minimum atomic E-state index is -0.800. The van der Waals surface area contributed by atoms with Crippen molar-refractivity contribution in [1.82, 2.24) is 4.90 Å². The molecule has 1 saturated heterocycles. The molecule has 0 spiro atoms. The van der Waals surface area contributed by atoms with Gasteiger partial charge in [-0.3, -0.25) is 19.7 Å². The molecule has 9 nitrogen and oxygen atoms in total. The third-order valence-electron chi connectivity index (χ3n) is 4.41. The maximum absolute atomic E-state index is 12.2. The number of likely N-dealkylation sites (tertiary alicyclic amines) is 1. The fourth-order valence-electron chi connectivity index (χ4n) is 2.89. The van der Waals surface area contributed by atoms with Gasteiger partial charge in [-0.25, -0.2) is 4.79 Å². The Hall–Kier alpha value is -2.62. The number of hydrogen-bond acceptors (Lipinski definition) is 8. The van der Waals surface area contributed by atoms with Gasteiger partial charge in [-0.05, 0) is 38.2 Å². The first-order valence-corrected chi connectivity index (χ1v) is 10.0. The molecule has 0 unspecified atom stereocenters. The summed E-state index contributed by atoms with van der Waals surface area (Å²) in [6.07, 6.45) is 2.70. The molecule has 0 N–H and O–H groups in total. The summed E-state index contributed by atoms with van der Waals surface area (Å²) in [6.45, 7) is 2.38. The van der Waals surface area contributed by atoms with Crippen molar-refractivity contribution in [2.75, 3.05) is 32.6 Å². The van der Waals surface area contributed by atoms with Crippen LogP contribution in [0.5, 0.6) is 0 Å². The number of piperidine rings is 1. The predicted octanol–water partition coefficient (Wildman–Crippen LogP) is 2.28. The zero-order chi connectivity index (χ0) is 20.7. The van der Waals surface area contributed by atoms with Gasteiger partial charge in [0.05, 0.1) is 27.9 Å². The highest BCUT2D eigenvalue weighted by atomic mass is 32.2. The molecular weight excluding hydrogens is 388 g/mol. The molecule has 1 aromatic carbocycles. The quantitative estimate of drug-likeness (QED) is 0.291. The van der Waals surface area contributed by atoms with Gasteiger partial charge in [0.15, 0.2) is 6.61 Å². The fraction of sp³-hybridized carbons (Fsp3) is 0.500. The van der Waals surface area contributed by atoms with Crippen LogP contribution in [0.25, 0.3) is 0 Å². The van der Waals surface area contributed by atoms with Crippen LogP contribution in [0.3, 0.4) is 0 Å². The van der Waals surface area contributed by atoms with Gasteiger partial charge in [-0.15, -0.1) is 11.8 Å². The van der Waals surface area contributed by atoms with E-state index in [2.05, 4.69) is 0 Å². The van der Waals surface area contributed by atoms with Gasteiger partial charge >= 0.3 is 11.9 Å². The topological polar surface area (TPSA) is 116 Å². The lowest BCUT2D eigenvalue weighted by Gasteiger charge is -2.30. The molecule has 0 atom stereocenters. The first kappa shape index (κ1) is 21.7. The summed E-state index contributed by atoms with van der Waals surface area (Å²) < 4.78 is 10.00. The number of ether oxygens (including phenoxy) is 2. The van der Waals surface area contributed by atoms with E-state index in [4.69, 9.17) is 9.47 Å². The Kier molecular flexibility index (Phi) is 7.80. The van der Waals surface area contributed by atoms with Crippen molar-refractivity contribution >= 4 is 35.3 Å². The number of carbonyl (C=O) groups excluding carboxylic acids is 3. The number of hydrogen-bond donors (Lipinski definition) is 0. The van der Waals surface area contributed by atoms with Crippen LogP contribution in [-0.2, 0) is 19.1 Å². The lowest BCUT2D eigenvalue weighted by atomic mass is 9.97. The Morgan fingerprint density at radius 2 is 1.93 bits per heavy atom. The SMILES string of the molecule is CCOC(=O)C1CCN(C(=O)COC(=O)c2ccc(SC)c([N+](=O)[O-])c2)CC1. The molecule has 1 aromatic rings. The lowest BCUT2D eigenvalue weighted by Crippen LogP contribution is -2.42. The van der Waals surface area contributed by atoms with Crippen LogP contribution < -0.4 is 0 Å². The summed E-state index contributed by atoms with van der Waals surface area (Å²) in [5, 5.41) is 11.1. The first-order chi connectivity index (χ1) is 13.4. The highest BCUT2D eigenvalue weighted by Crippen LogP contribution is 2.28. The van der Waals surface area contributed by atoms with Crippen LogP contribution in [-0.4, -0.2) is 60.2 Å². The number of esters is 2. The number of thioether (sulfide) groups is 1. The molecule has 1 amide bonds. The highest BCUT2D eigenvalue weighted by Gasteiger charge is 2.28. The molecule has 1 aliphatic heterocycles.